The van der Waals surface area contributed by atoms with Gasteiger partial charge in [0.05, 0.1) is 4.92 Å². The minimum absolute atomic E-state index is 0.136. The maximum absolute atomic E-state index is 11.0. The summed E-state index contributed by atoms with van der Waals surface area (Å²) in [6, 6.07) is 15.4. The Morgan fingerprint density at radius 3 is 2.61 bits per heavy atom. The fourth-order valence-corrected chi connectivity index (χ4v) is 2.62. The van der Waals surface area contributed by atoms with Crippen molar-refractivity contribution < 1.29 is 10.0 Å². The lowest BCUT2D eigenvalue weighted by atomic mass is 9.96. The molecule has 122 valence electrons. The first-order chi connectivity index (χ1) is 11.1. The van der Waals surface area contributed by atoms with Crippen LogP contribution in [-0.4, -0.2) is 23.2 Å². The van der Waals surface area contributed by atoms with Gasteiger partial charge in [0.2, 0.25) is 0 Å². The van der Waals surface area contributed by atoms with E-state index in [4.69, 9.17) is 0 Å². The molecule has 0 radical (unpaired) electrons. The summed E-state index contributed by atoms with van der Waals surface area (Å²) >= 11 is 0. The smallest absolute Gasteiger partial charge is 0.272 e. The third-order valence-electron chi connectivity index (χ3n) is 3.94. The van der Waals surface area contributed by atoms with Crippen LogP contribution in [0.4, 0.5) is 5.69 Å². The van der Waals surface area contributed by atoms with E-state index in [1.165, 1.54) is 5.56 Å². The molecule has 1 atom stereocenters. The van der Waals surface area contributed by atoms with Gasteiger partial charge in [-0.3, -0.25) is 10.1 Å². The fraction of sp³-hybridized carbons (Fsp3) is 0.333. The van der Waals surface area contributed by atoms with Crippen molar-refractivity contribution in [3.63, 3.8) is 0 Å². The summed E-state index contributed by atoms with van der Waals surface area (Å²) in [5, 5.41) is 23.6. The molecule has 1 unspecified atom stereocenters. The summed E-state index contributed by atoms with van der Waals surface area (Å²) in [5.74, 6) is 0.224. The van der Waals surface area contributed by atoms with Crippen molar-refractivity contribution in [2.45, 2.75) is 25.8 Å². The Morgan fingerprint density at radius 1 is 1.22 bits per heavy atom. The Hall–Kier alpha value is -2.24. The van der Waals surface area contributed by atoms with Gasteiger partial charge in [0.15, 0.2) is 0 Å². The second kappa shape index (κ2) is 8.41. The number of aliphatic hydroxyl groups excluding tert-OH is 1. The average molecular weight is 314 g/mol. The highest BCUT2D eigenvalue weighted by atomic mass is 16.6. The summed E-state index contributed by atoms with van der Waals surface area (Å²) in [7, 11) is 0. The lowest BCUT2D eigenvalue weighted by molar-refractivity contribution is -0.385. The molecule has 0 bridgehead atoms. The minimum atomic E-state index is -0.350. The lowest BCUT2D eigenvalue weighted by Crippen LogP contribution is -2.22. The topological polar surface area (TPSA) is 75.4 Å². The summed E-state index contributed by atoms with van der Waals surface area (Å²) in [4.78, 5) is 10.6. The summed E-state index contributed by atoms with van der Waals surface area (Å²) in [6.07, 6.45) is 0.686. The lowest BCUT2D eigenvalue weighted by Gasteiger charge is -2.17. The second-order valence-corrected chi connectivity index (χ2v) is 5.63. The fourth-order valence-electron chi connectivity index (χ4n) is 2.62. The third-order valence-corrected chi connectivity index (χ3v) is 3.94. The molecule has 0 aromatic heterocycles. The van der Waals surface area contributed by atoms with Gasteiger partial charge in [-0.05, 0) is 30.4 Å². The monoisotopic (exact) mass is 314 g/mol. The van der Waals surface area contributed by atoms with Crippen LogP contribution >= 0.6 is 0 Å². The molecule has 0 fully saturated rings. The van der Waals surface area contributed by atoms with Crippen LogP contribution in [0, 0.1) is 17.0 Å². The standard InChI is InChI=1S/C18H22N2O3/c1-14-7-8-15(11-18(14)20(22)23)12-19-13-17(9-10-21)16-5-3-2-4-6-16/h2-8,11,17,19,21H,9-10,12-13H2,1H3. The number of nitrogens with one attached hydrogen (secondary N) is 1. The van der Waals surface area contributed by atoms with E-state index in [2.05, 4.69) is 17.4 Å². The summed E-state index contributed by atoms with van der Waals surface area (Å²) in [6.45, 7) is 3.15. The van der Waals surface area contributed by atoms with Crippen molar-refractivity contribution in [1.82, 2.24) is 5.32 Å². The van der Waals surface area contributed by atoms with Gasteiger partial charge in [0, 0.05) is 31.3 Å². The molecule has 2 aromatic rings. The van der Waals surface area contributed by atoms with Gasteiger partial charge in [-0.25, -0.2) is 0 Å². The highest BCUT2D eigenvalue weighted by molar-refractivity contribution is 5.42. The van der Waals surface area contributed by atoms with Crippen molar-refractivity contribution in [1.29, 1.82) is 0 Å². The molecule has 0 aliphatic carbocycles. The van der Waals surface area contributed by atoms with Crippen LogP contribution < -0.4 is 5.32 Å². The molecule has 0 spiro atoms. The van der Waals surface area contributed by atoms with E-state index in [0.29, 0.717) is 25.1 Å². The first kappa shape index (κ1) is 17.1. The molecule has 2 N–H and O–H groups in total. The van der Waals surface area contributed by atoms with E-state index in [-0.39, 0.29) is 23.1 Å². The zero-order valence-corrected chi connectivity index (χ0v) is 13.2. The van der Waals surface area contributed by atoms with E-state index < -0.39 is 0 Å². The van der Waals surface area contributed by atoms with Gasteiger partial charge in [-0.15, -0.1) is 0 Å². The van der Waals surface area contributed by atoms with Gasteiger partial charge < -0.3 is 10.4 Å². The maximum Gasteiger partial charge on any atom is 0.272 e. The van der Waals surface area contributed by atoms with Gasteiger partial charge in [-0.1, -0.05) is 42.5 Å². The first-order valence-electron chi connectivity index (χ1n) is 7.72. The predicted molar refractivity (Wildman–Crippen MR) is 90.4 cm³/mol. The molecule has 2 rings (SSSR count). The number of hydrogen-bond donors (Lipinski definition) is 2. The van der Waals surface area contributed by atoms with Crippen molar-refractivity contribution in [3.05, 3.63) is 75.3 Å². The molecule has 0 aliphatic rings. The van der Waals surface area contributed by atoms with Crippen LogP contribution in [0.5, 0.6) is 0 Å². The Balaban J connectivity index is 1.97. The SMILES string of the molecule is Cc1ccc(CNCC(CCO)c2ccccc2)cc1[N+](=O)[O-]. The first-order valence-corrected chi connectivity index (χ1v) is 7.72. The van der Waals surface area contributed by atoms with E-state index in [0.717, 1.165) is 5.56 Å². The minimum Gasteiger partial charge on any atom is -0.396 e. The molecule has 0 amide bonds. The normalized spacial score (nSPS) is 12.1. The average Bonchev–Trinajstić information content (AvgIpc) is 2.56. The van der Waals surface area contributed by atoms with Crippen LogP contribution in [0.2, 0.25) is 0 Å². The van der Waals surface area contributed by atoms with E-state index in [1.807, 2.05) is 24.3 Å². The van der Waals surface area contributed by atoms with Crippen LogP contribution in [-0.2, 0) is 6.54 Å². The number of nitrogens with zero attached hydrogens (tertiary/aromatic N) is 1. The predicted octanol–water partition coefficient (Wildman–Crippen LogP) is 3.16. The van der Waals surface area contributed by atoms with Gasteiger partial charge >= 0.3 is 0 Å². The second-order valence-electron chi connectivity index (χ2n) is 5.63. The van der Waals surface area contributed by atoms with Crippen LogP contribution in [0.15, 0.2) is 48.5 Å². The molecule has 2 aromatic carbocycles. The molecule has 0 aliphatic heterocycles. The number of nitro benzene ring substituents is 1. The van der Waals surface area contributed by atoms with Gasteiger partial charge in [0.25, 0.3) is 5.69 Å². The highest BCUT2D eigenvalue weighted by Crippen LogP contribution is 2.20. The van der Waals surface area contributed by atoms with Crippen LogP contribution in [0.3, 0.4) is 0 Å². The summed E-state index contributed by atoms with van der Waals surface area (Å²) in [5.41, 5.74) is 2.89. The number of aliphatic hydroxyl groups is 1. The van der Waals surface area contributed by atoms with E-state index in [9.17, 15) is 15.2 Å². The highest BCUT2D eigenvalue weighted by Gasteiger charge is 2.12. The Bertz CT molecular complexity index is 644. The summed E-state index contributed by atoms with van der Waals surface area (Å²) < 4.78 is 0. The molecular weight excluding hydrogens is 292 g/mol. The van der Waals surface area contributed by atoms with Crippen LogP contribution in [0.1, 0.15) is 29.0 Å². The molecular formula is C18H22N2O3. The van der Waals surface area contributed by atoms with Gasteiger partial charge in [0.1, 0.15) is 0 Å². The Labute approximate surface area is 136 Å². The maximum atomic E-state index is 11.0. The van der Waals surface area contributed by atoms with Crippen molar-refractivity contribution in [2.75, 3.05) is 13.2 Å². The molecule has 23 heavy (non-hydrogen) atoms. The zero-order chi connectivity index (χ0) is 16.7. The molecule has 0 heterocycles. The number of benzene rings is 2. The van der Waals surface area contributed by atoms with Crippen molar-refractivity contribution in [2.24, 2.45) is 0 Å². The van der Waals surface area contributed by atoms with Crippen molar-refractivity contribution in [3.8, 4) is 0 Å². The molecule has 5 nitrogen and oxygen atoms in total. The molecule has 0 saturated heterocycles. The quantitative estimate of drug-likeness (QED) is 0.580. The van der Waals surface area contributed by atoms with Crippen LogP contribution in [0.25, 0.3) is 0 Å². The number of nitro groups is 1. The van der Waals surface area contributed by atoms with E-state index >= 15 is 0 Å². The largest absolute Gasteiger partial charge is 0.396 e. The molecule has 0 saturated carbocycles. The zero-order valence-electron chi connectivity index (χ0n) is 13.2. The Kier molecular flexibility index (Phi) is 6.26. The number of rotatable bonds is 8. The van der Waals surface area contributed by atoms with E-state index in [1.54, 1.807) is 19.1 Å². The van der Waals surface area contributed by atoms with Gasteiger partial charge in [-0.2, -0.15) is 0 Å². The number of aryl methyl sites for hydroxylation is 1. The number of hydrogen-bond acceptors (Lipinski definition) is 4. The molecule has 5 heteroatoms. The Morgan fingerprint density at radius 2 is 1.96 bits per heavy atom. The van der Waals surface area contributed by atoms with Crippen molar-refractivity contribution >= 4 is 5.69 Å². The third kappa shape index (κ3) is 4.87.